The van der Waals surface area contributed by atoms with Crippen molar-refractivity contribution < 1.29 is 19.0 Å². The van der Waals surface area contributed by atoms with Crippen molar-refractivity contribution >= 4 is 33.4 Å². The molecule has 2 aromatic carbocycles. The first-order valence-corrected chi connectivity index (χ1v) is 8.70. The Hall–Kier alpha value is -1.92. The average molecular weight is 429 g/mol. The van der Waals surface area contributed by atoms with Crippen LogP contribution >= 0.6 is 27.5 Å². The molecule has 1 atom stereocenters. The number of amides is 1. The largest absolute Gasteiger partial charge is 0.493 e. The lowest BCUT2D eigenvalue weighted by atomic mass is 10.1. The fourth-order valence-corrected chi connectivity index (χ4v) is 3.02. The lowest BCUT2D eigenvalue weighted by Crippen LogP contribution is -2.31. The minimum atomic E-state index is -0.232. The summed E-state index contributed by atoms with van der Waals surface area (Å²) in [7, 11) is 3.15. The van der Waals surface area contributed by atoms with Gasteiger partial charge in [-0.1, -0.05) is 17.7 Å². The van der Waals surface area contributed by atoms with Crippen LogP contribution in [-0.4, -0.2) is 26.7 Å². The minimum Gasteiger partial charge on any atom is -0.493 e. The SMILES string of the molecule is COc1ccc([C@H](C)NC(=O)COc2ccc(Cl)cc2Br)cc1OC. The van der Waals surface area contributed by atoms with Crippen molar-refractivity contribution in [1.29, 1.82) is 0 Å². The molecule has 0 aliphatic carbocycles. The number of nitrogens with one attached hydrogen (secondary N) is 1. The van der Waals surface area contributed by atoms with Gasteiger partial charge in [-0.3, -0.25) is 4.79 Å². The summed E-state index contributed by atoms with van der Waals surface area (Å²) in [6, 6.07) is 10.4. The summed E-state index contributed by atoms with van der Waals surface area (Å²) in [4.78, 5) is 12.1. The number of benzene rings is 2. The van der Waals surface area contributed by atoms with E-state index in [1.165, 1.54) is 0 Å². The van der Waals surface area contributed by atoms with Gasteiger partial charge in [-0.15, -0.1) is 0 Å². The second-order valence-corrected chi connectivity index (χ2v) is 6.56. The molecule has 7 heteroatoms. The zero-order chi connectivity index (χ0) is 18.4. The van der Waals surface area contributed by atoms with E-state index < -0.39 is 0 Å². The van der Waals surface area contributed by atoms with Gasteiger partial charge in [0.25, 0.3) is 5.91 Å². The highest BCUT2D eigenvalue weighted by molar-refractivity contribution is 9.10. The molecule has 2 aromatic rings. The number of rotatable bonds is 7. The maximum absolute atomic E-state index is 12.1. The van der Waals surface area contributed by atoms with Gasteiger partial charge in [-0.25, -0.2) is 0 Å². The van der Waals surface area contributed by atoms with Crippen LogP contribution in [0.3, 0.4) is 0 Å². The molecule has 2 rings (SSSR count). The molecule has 0 unspecified atom stereocenters. The van der Waals surface area contributed by atoms with Gasteiger partial charge in [0.2, 0.25) is 0 Å². The predicted molar refractivity (Wildman–Crippen MR) is 101 cm³/mol. The van der Waals surface area contributed by atoms with E-state index in [1.54, 1.807) is 38.5 Å². The molecule has 0 aliphatic rings. The number of hydrogen-bond donors (Lipinski definition) is 1. The van der Waals surface area contributed by atoms with Crippen LogP contribution in [0.4, 0.5) is 0 Å². The standard InChI is InChI=1S/C18H19BrClNO4/c1-11(12-4-6-16(23-2)17(8-12)24-3)21-18(22)10-25-15-7-5-13(20)9-14(15)19/h4-9,11H,10H2,1-3H3,(H,21,22)/t11-/m0/s1. The molecule has 0 heterocycles. The Morgan fingerprint density at radius 2 is 1.80 bits per heavy atom. The van der Waals surface area contributed by atoms with Gasteiger partial charge in [-0.2, -0.15) is 0 Å². The molecule has 0 saturated heterocycles. The zero-order valence-corrected chi connectivity index (χ0v) is 16.5. The topological polar surface area (TPSA) is 56.8 Å². The Kier molecular flexibility index (Phi) is 6.96. The van der Waals surface area contributed by atoms with Gasteiger partial charge in [0, 0.05) is 5.02 Å². The Balaban J connectivity index is 1.95. The van der Waals surface area contributed by atoms with Crippen molar-refractivity contribution in [2.75, 3.05) is 20.8 Å². The second kappa shape index (κ2) is 8.97. The van der Waals surface area contributed by atoms with Gasteiger partial charge in [0.15, 0.2) is 18.1 Å². The summed E-state index contributed by atoms with van der Waals surface area (Å²) < 4.78 is 16.7. The Bertz CT molecular complexity index is 754. The first-order chi connectivity index (χ1) is 11.9. The van der Waals surface area contributed by atoms with Gasteiger partial charge in [-0.05, 0) is 58.7 Å². The fraction of sp³-hybridized carbons (Fsp3) is 0.278. The molecule has 0 spiro atoms. The predicted octanol–water partition coefficient (Wildman–Crippen LogP) is 4.38. The Morgan fingerprint density at radius 3 is 2.44 bits per heavy atom. The Morgan fingerprint density at radius 1 is 1.12 bits per heavy atom. The molecule has 0 aliphatic heterocycles. The van der Waals surface area contributed by atoms with Crippen LogP contribution in [0, 0.1) is 0 Å². The first-order valence-electron chi connectivity index (χ1n) is 7.53. The maximum atomic E-state index is 12.1. The maximum Gasteiger partial charge on any atom is 0.258 e. The van der Waals surface area contributed by atoms with Crippen molar-refractivity contribution in [1.82, 2.24) is 5.32 Å². The average Bonchev–Trinajstić information content (AvgIpc) is 2.60. The van der Waals surface area contributed by atoms with Crippen molar-refractivity contribution in [3.63, 3.8) is 0 Å². The zero-order valence-electron chi connectivity index (χ0n) is 14.1. The molecule has 0 aromatic heterocycles. The molecule has 134 valence electrons. The summed E-state index contributed by atoms with van der Waals surface area (Å²) in [6.45, 7) is 1.79. The lowest BCUT2D eigenvalue weighted by Gasteiger charge is -2.17. The van der Waals surface area contributed by atoms with E-state index in [-0.39, 0.29) is 18.6 Å². The van der Waals surface area contributed by atoms with E-state index in [2.05, 4.69) is 21.2 Å². The van der Waals surface area contributed by atoms with Crippen LogP contribution in [0.15, 0.2) is 40.9 Å². The van der Waals surface area contributed by atoms with E-state index in [0.717, 1.165) is 5.56 Å². The van der Waals surface area contributed by atoms with Crippen molar-refractivity contribution in [2.45, 2.75) is 13.0 Å². The molecule has 0 radical (unpaired) electrons. The summed E-state index contributed by atoms with van der Waals surface area (Å²) in [5, 5.41) is 3.47. The third-order valence-corrected chi connectivity index (χ3v) is 4.39. The van der Waals surface area contributed by atoms with E-state index in [4.69, 9.17) is 25.8 Å². The number of carbonyl (C=O) groups excluding carboxylic acids is 1. The highest BCUT2D eigenvalue weighted by Crippen LogP contribution is 2.30. The van der Waals surface area contributed by atoms with Crippen LogP contribution in [0.25, 0.3) is 0 Å². The molecule has 0 saturated carbocycles. The monoisotopic (exact) mass is 427 g/mol. The number of methoxy groups -OCH3 is 2. The first kappa shape index (κ1) is 19.4. The Labute approximate surface area is 160 Å². The third kappa shape index (κ3) is 5.28. The van der Waals surface area contributed by atoms with Gasteiger partial charge in [0.05, 0.1) is 24.7 Å². The lowest BCUT2D eigenvalue weighted by molar-refractivity contribution is -0.123. The molecule has 25 heavy (non-hydrogen) atoms. The molecule has 1 amide bonds. The van der Waals surface area contributed by atoms with Crippen LogP contribution < -0.4 is 19.5 Å². The van der Waals surface area contributed by atoms with Crippen LogP contribution in [0.1, 0.15) is 18.5 Å². The summed E-state index contributed by atoms with van der Waals surface area (Å²) in [5.41, 5.74) is 0.902. The number of halogens is 2. The molecular weight excluding hydrogens is 410 g/mol. The summed E-state index contributed by atoms with van der Waals surface area (Å²) >= 11 is 9.23. The number of carbonyl (C=O) groups is 1. The number of ether oxygens (including phenoxy) is 3. The van der Waals surface area contributed by atoms with Gasteiger partial charge < -0.3 is 19.5 Å². The summed E-state index contributed by atoms with van der Waals surface area (Å²) in [5.74, 6) is 1.57. The smallest absolute Gasteiger partial charge is 0.258 e. The molecule has 5 nitrogen and oxygen atoms in total. The van der Waals surface area contributed by atoms with E-state index in [0.29, 0.717) is 26.7 Å². The van der Waals surface area contributed by atoms with E-state index in [1.807, 2.05) is 19.1 Å². The fourth-order valence-electron chi connectivity index (χ4n) is 2.22. The van der Waals surface area contributed by atoms with E-state index >= 15 is 0 Å². The normalized spacial score (nSPS) is 11.6. The molecule has 0 bridgehead atoms. The molecular formula is C18H19BrClNO4. The van der Waals surface area contributed by atoms with Gasteiger partial charge in [0.1, 0.15) is 5.75 Å². The second-order valence-electron chi connectivity index (χ2n) is 5.27. The highest BCUT2D eigenvalue weighted by Gasteiger charge is 2.13. The van der Waals surface area contributed by atoms with Crippen molar-refractivity contribution in [3.8, 4) is 17.2 Å². The van der Waals surface area contributed by atoms with Crippen LogP contribution in [0.2, 0.25) is 5.02 Å². The van der Waals surface area contributed by atoms with Crippen LogP contribution in [0.5, 0.6) is 17.2 Å². The molecule has 1 N–H and O–H groups in total. The van der Waals surface area contributed by atoms with Gasteiger partial charge >= 0.3 is 0 Å². The minimum absolute atomic E-state index is 0.0993. The quantitative estimate of drug-likeness (QED) is 0.711. The third-order valence-electron chi connectivity index (χ3n) is 3.54. The van der Waals surface area contributed by atoms with E-state index in [9.17, 15) is 4.79 Å². The van der Waals surface area contributed by atoms with Crippen LogP contribution in [-0.2, 0) is 4.79 Å². The summed E-state index contributed by atoms with van der Waals surface area (Å²) in [6.07, 6.45) is 0. The van der Waals surface area contributed by atoms with Crippen molar-refractivity contribution in [3.05, 3.63) is 51.5 Å². The highest BCUT2D eigenvalue weighted by atomic mass is 79.9. The van der Waals surface area contributed by atoms with Crippen molar-refractivity contribution in [2.24, 2.45) is 0 Å². The number of hydrogen-bond acceptors (Lipinski definition) is 4. The molecule has 0 fully saturated rings.